The molecule has 0 aliphatic carbocycles. The molecule has 6 nitrogen and oxygen atoms in total. The number of fused-ring (bicyclic) bond motifs is 1. The highest BCUT2D eigenvalue weighted by Gasteiger charge is 2.22. The molecule has 25 heavy (non-hydrogen) atoms. The number of imidazole rings is 1. The molecule has 1 amide bonds. The standard InChI is InChI=1S/C19H22N4O2/c1-4-22(14(2)15-8-7-11-20-12-15)18(24)13-23-17-10-6-5-9-16(17)21(3)19(23)25/h5-12,14H,4,13H2,1-3H3/t14-/m0/s1. The summed E-state index contributed by atoms with van der Waals surface area (Å²) < 4.78 is 3.11. The summed E-state index contributed by atoms with van der Waals surface area (Å²) in [6.07, 6.45) is 3.48. The van der Waals surface area contributed by atoms with Crippen molar-refractivity contribution in [3.8, 4) is 0 Å². The van der Waals surface area contributed by atoms with Gasteiger partial charge in [-0.3, -0.25) is 18.9 Å². The third-order valence-corrected chi connectivity index (χ3v) is 4.64. The van der Waals surface area contributed by atoms with E-state index in [9.17, 15) is 9.59 Å². The first kappa shape index (κ1) is 17.0. The number of aromatic nitrogens is 3. The van der Waals surface area contributed by atoms with Crippen LogP contribution in [0.15, 0.2) is 53.6 Å². The van der Waals surface area contributed by atoms with E-state index < -0.39 is 0 Å². The number of hydrogen-bond donors (Lipinski definition) is 0. The number of para-hydroxylation sites is 2. The summed E-state index contributed by atoms with van der Waals surface area (Å²) >= 11 is 0. The van der Waals surface area contributed by atoms with E-state index in [1.54, 1.807) is 28.9 Å². The minimum atomic E-state index is -0.181. The zero-order valence-corrected chi connectivity index (χ0v) is 14.7. The molecule has 0 spiro atoms. The van der Waals surface area contributed by atoms with E-state index in [2.05, 4.69) is 4.98 Å². The van der Waals surface area contributed by atoms with E-state index >= 15 is 0 Å². The molecule has 0 saturated carbocycles. The number of aryl methyl sites for hydroxylation is 1. The third-order valence-electron chi connectivity index (χ3n) is 4.64. The van der Waals surface area contributed by atoms with Crippen molar-refractivity contribution < 1.29 is 4.79 Å². The topological polar surface area (TPSA) is 60.1 Å². The molecule has 0 fully saturated rings. The van der Waals surface area contributed by atoms with E-state index in [0.29, 0.717) is 6.54 Å². The normalized spacial score (nSPS) is 12.3. The van der Waals surface area contributed by atoms with Crippen molar-refractivity contribution in [2.24, 2.45) is 7.05 Å². The molecular weight excluding hydrogens is 316 g/mol. The van der Waals surface area contributed by atoms with Crippen molar-refractivity contribution >= 4 is 16.9 Å². The van der Waals surface area contributed by atoms with Crippen LogP contribution in [0.5, 0.6) is 0 Å². The van der Waals surface area contributed by atoms with Crippen molar-refractivity contribution in [2.45, 2.75) is 26.4 Å². The predicted molar refractivity (Wildman–Crippen MR) is 97.2 cm³/mol. The van der Waals surface area contributed by atoms with Crippen molar-refractivity contribution in [1.82, 2.24) is 19.0 Å². The van der Waals surface area contributed by atoms with E-state index in [4.69, 9.17) is 0 Å². The summed E-state index contributed by atoms with van der Waals surface area (Å²) in [7, 11) is 1.72. The molecule has 0 saturated heterocycles. The van der Waals surface area contributed by atoms with Gasteiger partial charge in [-0.25, -0.2) is 4.79 Å². The zero-order valence-electron chi connectivity index (χ0n) is 14.7. The Morgan fingerprint density at radius 3 is 2.56 bits per heavy atom. The van der Waals surface area contributed by atoms with Crippen LogP contribution in [0, 0.1) is 0 Å². The molecule has 1 atom stereocenters. The quantitative estimate of drug-likeness (QED) is 0.717. The lowest BCUT2D eigenvalue weighted by Gasteiger charge is -2.28. The average molecular weight is 338 g/mol. The van der Waals surface area contributed by atoms with Crippen LogP contribution in [-0.4, -0.2) is 31.5 Å². The van der Waals surface area contributed by atoms with Crippen LogP contribution >= 0.6 is 0 Å². The molecule has 130 valence electrons. The second-order valence-corrected chi connectivity index (χ2v) is 6.06. The van der Waals surface area contributed by atoms with Crippen LogP contribution in [0.2, 0.25) is 0 Å². The van der Waals surface area contributed by atoms with E-state index in [0.717, 1.165) is 16.6 Å². The maximum atomic E-state index is 12.9. The number of hydrogen-bond acceptors (Lipinski definition) is 3. The first-order chi connectivity index (χ1) is 12.0. The molecule has 6 heteroatoms. The van der Waals surface area contributed by atoms with Gasteiger partial charge in [-0.1, -0.05) is 18.2 Å². The predicted octanol–water partition coefficient (Wildman–Crippen LogP) is 2.34. The summed E-state index contributed by atoms with van der Waals surface area (Å²) in [5.74, 6) is -0.0858. The highest BCUT2D eigenvalue weighted by Crippen LogP contribution is 2.20. The Balaban J connectivity index is 1.91. The van der Waals surface area contributed by atoms with Crippen LogP contribution in [-0.2, 0) is 18.4 Å². The summed E-state index contributed by atoms with van der Waals surface area (Å²) in [5, 5.41) is 0. The van der Waals surface area contributed by atoms with Gasteiger partial charge in [0, 0.05) is 26.0 Å². The van der Waals surface area contributed by atoms with E-state index in [-0.39, 0.29) is 24.2 Å². The maximum absolute atomic E-state index is 12.9. The van der Waals surface area contributed by atoms with Crippen LogP contribution in [0.1, 0.15) is 25.5 Å². The second kappa shape index (κ2) is 6.93. The maximum Gasteiger partial charge on any atom is 0.329 e. The molecule has 0 unspecified atom stereocenters. The van der Waals surface area contributed by atoms with Gasteiger partial charge in [-0.15, -0.1) is 0 Å². The van der Waals surface area contributed by atoms with Crippen LogP contribution < -0.4 is 5.69 Å². The number of pyridine rings is 1. The molecule has 0 radical (unpaired) electrons. The number of carbonyl (C=O) groups is 1. The van der Waals surface area contributed by atoms with Crippen molar-refractivity contribution in [2.75, 3.05) is 6.54 Å². The van der Waals surface area contributed by atoms with Gasteiger partial charge < -0.3 is 4.90 Å². The first-order valence-electron chi connectivity index (χ1n) is 8.38. The molecule has 2 heterocycles. The number of carbonyl (C=O) groups excluding carboxylic acids is 1. The first-order valence-corrected chi connectivity index (χ1v) is 8.38. The average Bonchev–Trinajstić information content (AvgIpc) is 2.88. The smallest absolute Gasteiger partial charge is 0.329 e. The van der Waals surface area contributed by atoms with Gasteiger partial charge in [0.1, 0.15) is 6.54 Å². The SMILES string of the molecule is CCN(C(=O)Cn1c(=O)n(C)c2ccccc21)[C@@H](C)c1cccnc1. The Morgan fingerprint density at radius 2 is 1.92 bits per heavy atom. The molecule has 0 bridgehead atoms. The van der Waals surface area contributed by atoms with Crippen LogP contribution in [0.4, 0.5) is 0 Å². The molecule has 2 aromatic heterocycles. The molecule has 0 N–H and O–H groups in total. The molecule has 0 aliphatic rings. The van der Waals surface area contributed by atoms with Gasteiger partial charge in [0.2, 0.25) is 5.91 Å². The van der Waals surface area contributed by atoms with Crippen molar-refractivity contribution in [1.29, 1.82) is 0 Å². The summed E-state index contributed by atoms with van der Waals surface area (Å²) in [5.41, 5.74) is 2.39. The number of benzene rings is 1. The van der Waals surface area contributed by atoms with Gasteiger partial charge in [0.15, 0.2) is 0 Å². The fraction of sp³-hybridized carbons (Fsp3) is 0.316. The van der Waals surface area contributed by atoms with Crippen molar-refractivity contribution in [3.05, 3.63) is 64.8 Å². The van der Waals surface area contributed by atoms with Crippen molar-refractivity contribution in [3.63, 3.8) is 0 Å². The lowest BCUT2D eigenvalue weighted by atomic mass is 10.1. The number of rotatable bonds is 5. The minimum Gasteiger partial charge on any atom is -0.335 e. The largest absolute Gasteiger partial charge is 0.335 e. The summed E-state index contributed by atoms with van der Waals surface area (Å²) in [6, 6.07) is 11.2. The second-order valence-electron chi connectivity index (χ2n) is 6.06. The molecule has 0 aliphatic heterocycles. The fourth-order valence-electron chi connectivity index (χ4n) is 3.21. The minimum absolute atomic E-state index is 0.0264. The van der Waals surface area contributed by atoms with Gasteiger partial charge in [-0.2, -0.15) is 0 Å². The van der Waals surface area contributed by atoms with Crippen LogP contribution in [0.3, 0.4) is 0 Å². The lowest BCUT2D eigenvalue weighted by Crippen LogP contribution is -2.38. The summed E-state index contributed by atoms with van der Waals surface area (Å²) in [4.78, 5) is 31.3. The van der Waals surface area contributed by atoms with Crippen LogP contribution in [0.25, 0.3) is 11.0 Å². The third kappa shape index (κ3) is 3.07. The number of amides is 1. The Hall–Kier alpha value is -2.89. The Morgan fingerprint density at radius 1 is 1.20 bits per heavy atom. The fourth-order valence-corrected chi connectivity index (χ4v) is 3.21. The monoisotopic (exact) mass is 338 g/mol. The Labute approximate surface area is 146 Å². The zero-order chi connectivity index (χ0) is 18.0. The highest BCUT2D eigenvalue weighted by molar-refractivity contribution is 5.81. The van der Waals surface area contributed by atoms with Gasteiger partial charge in [0.05, 0.1) is 17.1 Å². The highest BCUT2D eigenvalue weighted by atomic mass is 16.2. The molecule has 1 aromatic carbocycles. The Bertz CT molecular complexity index is 943. The van der Waals surface area contributed by atoms with E-state index in [1.807, 2.05) is 50.2 Å². The lowest BCUT2D eigenvalue weighted by molar-refractivity contribution is -0.133. The van der Waals surface area contributed by atoms with Gasteiger partial charge in [-0.05, 0) is 37.6 Å². The molecule has 3 aromatic rings. The number of nitrogens with zero attached hydrogens (tertiary/aromatic N) is 4. The molecular formula is C19H22N4O2. The summed E-state index contributed by atoms with van der Waals surface area (Å²) in [6.45, 7) is 4.51. The Kier molecular flexibility index (Phi) is 4.70. The van der Waals surface area contributed by atoms with E-state index in [1.165, 1.54) is 4.57 Å². The van der Waals surface area contributed by atoms with Gasteiger partial charge >= 0.3 is 5.69 Å². The number of likely N-dealkylation sites (N-methyl/N-ethyl adjacent to an activating group) is 1. The van der Waals surface area contributed by atoms with Gasteiger partial charge in [0.25, 0.3) is 0 Å². The molecule has 3 rings (SSSR count).